The number of methoxy groups -OCH3 is 1. The monoisotopic (exact) mass is 290 g/mol. The number of H-pyrrole nitrogens is 1. The number of amides is 1. The van der Waals surface area contributed by atoms with Gasteiger partial charge in [-0.1, -0.05) is 18.2 Å². The summed E-state index contributed by atoms with van der Waals surface area (Å²) in [4.78, 5) is 23.8. The molecule has 1 amide bonds. The fourth-order valence-corrected chi connectivity index (χ4v) is 1.94. The second-order valence-electron chi connectivity index (χ2n) is 4.45. The van der Waals surface area contributed by atoms with E-state index in [4.69, 9.17) is 4.74 Å². The molecule has 0 aliphatic heterocycles. The third-order valence-corrected chi connectivity index (χ3v) is 2.98. The molecule has 21 heavy (non-hydrogen) atoms. The van der Waals surface area contributed by atoms with E-state index in [-0.39, 0.29) is 17.2 Å². The largest absolute Gasteiger partial charge is 0.383 e. The number of nitrogens with one attached hydrogen (secondary N) is 3. The number of aromatic amines is 1. The summed E-state index contributed by atoms with van der Waals surface area (Å²) in [6, 6.07) is 6.90. The SMILES string of the molecule is COCCNCCNC(=O)c1n[nH]c(=O)c2ccccc12. The maximum atomic E-state index is 12.1. The van der Waals surface area contributed by atoms with E-state index < -0.39 is 0 Å². The predicted octanol–water partition coefficient (Wildman–Crippen LogP) is -0.111. The Morgan fingerprint density at radius 1 is 1.24 bits per heavy atom. The molecule has 1 aromatic heterocycles. The van der Waals surface area contributed by atoms with Gasteiger partial charge in [-0.2, -0.15) is 5.10 Å². The van der Waals surface area contributed by atoms with Gasteiger partial charge in [0.2, 0.25) is 0 Å². The molecule has 0 bridgehead atoms. The lowest BCUT2D eigenvalue weighted by molar-refractivity contribution is 0.0949. The van der Waals surface area contributed by atoms with E-state index in [0.717, 1.165) is 6.54 Å². The minimum atomic E-state index is -0.309. The molecule has 7 heteroatoms. The molecule has 0 unspecified atom stereocenters. The number of carbonyl (C=O) groups is 1. The molecular weight excluding hydrogens is 272 g/mol. The first-order valence-electron chi connectivity index (χ1n) is 6.69. The van der Waals surface area contributed by atoms with Crippen molar-refractivity contribution in [2.75, 3.05) is 33.4 Å². The number of rotatable bonds is 7. The highest BCUT2D eigenvalue weighted by Crippen LogP contribution is 2.11. The summed E-state index contributed by atoms with van der Waals surface area (Å²) in [7, 11) is 1.64. The fraction of sp³-hybridized carbons (Fsp3) is 0.357. The van der Waals surface area contributed by atoms with Crippen LogP contribution in [0.1, 0.15) is 10.5 Å². The number of fused-ring (bicyclic) bond motifs is 1. The summed E-state index contributed by atoms with van der Waals surface area (Å²) in [5.41, 5.74) is -0.0783. The van der Waals surface area contributed by atoms with Gasteiger partial charge in [0.15, 0.2) is 5.69 Å². The average molecular weight is 290 g/mol. The Labute approximate surface area is 121 Å². The molecular formula is C14H18N4O3. The van der Waals surface area contributed by atoms with Crippen LogP contribution in [0.5, 0.6) is 0 Å². The van der Waals surface area contributed by atoms with Crippen molar-refractivity contribution in [1.29, 1.82) is 0 Å². The molecule has 0 saturated heterocycles. The molecule has 3 N–H and O–H groups in total. The van der Waals surface area contributed by atoms with Gasteiger partial charge >= 0.3 is 0 Å². The number of aromatic nitrogens is 2. The first-order chi connectivity index (χ1) is 10.2. The molecule has 0 spiro atoms. The van der Waals surface area contributed by atoms with Crippen molar-refractivity contribution in [2.24, 2.45) is 0 Å². The zero-order valence-corrected chi connectivity index (χ0v) is 11.8. The molecule has 0 aliphatic rings. The molecule has 0 aliphatic carbocycles. The third-order valence-electron chi connectivity index (χ3n) is 2.98. The Morgan fingerprint density at radius 3 is 2.76 bits per heavy atom. The summed E-state index contributed by atoms with van der Waals surface area (Å²) in [5.74, 6) is -0.309. The van der Waals surface area contributed by atoms with Crippen molar-refractivity contribution in [3.8, 4) is 0 Å². The van der Waals surface area contributed by atoms with Crippen molar-refractivity contribution in [3.05, 3.63) is 40.3 Å². The van der Waals surface area contributed by atoms with Gasteiger partial charge in [-0.15, -0.1) is 0 Å². The zero-order valence-electron chi connectivity index (χ0n) is 11.8. The van der Waals surface area contributed by atoms with Crippen LogP contribution in [0.15, 0.2) is 29.1 Å². The van der Waals surface area contributed by atoms with Crippen LogP contribution in [0, 0.1) is 0 Å². The number of hydrogen-bond donors (Lipinski definition) is 3. The van der Waals surface area contributed by atoms with Gasteiger partial charge in [0.25, 0.3) is 11.5 Å². The molecule has 7 nitrogen and oxygen atoms in total. The molecule has 1 aromatic carbocycles. The Hall–Kier alpha value is -2.25. The van der Waals surface area contributed by atoms with Crippen molar-refractivity contribution in [1.82, 2.24) is 20.8 Å². The van der Waals surface area contributed by atoms with Crippen LogP contribution in [0.25, 0.3) is 10.8 Å². The Balaban J connectivity index is 2.00. The molecule has 112 valence electrons. The van der Waals surface area contributed by atoms with Crippen LogP contribution in [0.4, 0.5) is 0 Å². The molecule has 0 saturated carbocycles. The molecule has 0 radical (unpaired) electrons. The second kappa shape index (κ2) is 7.51. The summed E-state index contributed by atoms with van der Waals surface area (Å²) >= 11 is 0. The van der Waals surface area contributed by atoms with Crippen LogP contribution in [-0.2, 0) is 4.74 Å². The topological polar surface area (TPSA) is 96.1 Å². The van der Waals surface area contributed by atoms with Crippen LogP contribution in [-0.4, -0.2) is 49.5 Å². The molecule has 0 fully saturated rings. The highest BCUT2D eigenvalue weighted by Gasteiger charge is 2.12. The van der Waals surface area contributed by atoms with Gasteiger partial charge in [-0.25, -0.2) is 5.10 Å². The van der Waals surface area contributed by atoms with E-state index in [0.29, 0.717) is 30.5 Å². The van der Waals surface area contributed by atoms with Crippen molar-refractivity contribution >= 4 is 16.7 Å². The van der Waals surface area contributed by atoms with Crippen molar-refractivity contribution in [3.63, 3.8) is 0 Å². The van der Waals surface area contributed by atoms with E-state index >= 15 is 0 Å². The molecule has 2 rings (SSSR count). The summed E-state index contributed by atoms with van der Waals surface area (Å²) in [6.07, 6.45) is 0. The zero-order chi connectivity index (χ0) is 15.1. The van der Waals surface area contributed by atoms with E-state index in [2.05, 4.69) is 20.8 Å². The van der Waals surface area contributed by atoms with Gasteiger partial charge in [-0.3, -0.25) is 9.59 Å². The highest BCUT2D eigenvalue weighted by molar-refractivity contribution is 6.04. The number of benzene rings is 1. The van der Waals surface area contributed by atoms with Crippen LogP contribution in [0.3, 0.4) is 0 Å². The maximum absolute atomic E-state index is 12.1. The quantitative estimate of drug-likeness (QED) is 0.618. The van der Waals surface area contributed by atoms with Crippen LogP contribution in [0.2, 0.25) is 0 Å². The molecule has 1 heterocycles. The van der Waals surface area contributed by atoms with E-state index in [9.17, 15) is 9.59 Å². The minimum Gasteiger partial charge on any atom is -0.383 e. The van der Waals surface area contributed by atoms with Gasteiger partial charge < -0.3 is 15.4 Å². The van der Waals surface area contributed by atoms with E-state index in [1.54, 1.807) is 31.4 Å². The smallest absolute Gasteiger partial charge is 0.272 e. The van der Waals surface area contributed by atoms with E-state index in [1.165, 1.54) is 0 Å². The molecule has 0 atom stereocenters. The van der Waals surface area contributed by atoms with Gasteiger partial charge in [0.1, 0.15) is 0 Å². The van der Waals surface area contributed by atoms with Gasteiger partial charge in [0.05, 0.1) is 12.0 Å². The molecule has 2 aromatic rings. The summed E-state index contributed by atoms with van der Waals surface area (Å²) in [5, 5.41) is 13.1. The standard InChI is InChI=1S/C14H18N4O3/c1-21-9-8-15-6-7-16-14(20)12-10-4-2-3-5-11(10)13(19)18-17-12/h2-5,15H,6-9H2,1H3,(H,16,20)(H,18,19). The Morgan fingerprint density at radius 2 is 2.00 bits per heavy atom. The normalized spacial score (nSPS) is 10.7. The van der Waals surface area contributed by atoms with Crippen LogP contribution >= 0.6 is 0 Å². The Kier molecular flexibility index (Phi) is 5.42. The highest BCUT2D eigenvalue weighted by atomic mass is 16.5. The fourth-order valence-electron chi connectivity index (χ4n) is 1.94. The van der Waals surface area contributed by atoms with Gasteiger partial charge in [-0.05, 0) is 6.07 Å². The lowest BCUT2D eigenvalue weighted by Crippen LogP contribution is -2.34. The van der Waals surface area contributed by atoms with Gasteiger partial charge in [0, 0.05) is 32.1 Å². The number of ether oxygens (including phenoxy) is 1. The van der Waals surface area contributed by atoms with Crippen molar-refractivity contribution < 1.29 is 9.53 Å². The van der Waals surface area contributed by atoms with Crippen LogP contribution < -0.4 is 16.2 Å². The average Bonchev–Trinajstić information content (AvgIpc) is 2.51. The number of nitrogens with zero attached hydrogens (tertiary/aromatic N) is 1. The van der Waals surface area contributed by atoms with E-state index in [1.807, 2.05) is 0 Å². The third kappa shape index (κ3) is 3.87. The lowest BCUT2D eigenvalue weighted by Gasteiger charge is -2.07. The first kappa shape index (κ1) is 15.1. The summed E-state index contributed by atoms with van der Waals surface area (Å²) in [6.45, 7) is 2.46. The first-order valence-corrected chi connectivity index (χ1v) is 6.69. The number of hydrogen-bond acceptors (Lipinski definition) is 5. The summed E-state index contributed by atoms with van der Waals surface area (Å²) < 4.78 is 4.90. The predicted molar refractivity (Wildman–Crippen MR) is 79.4 cm³/mol. The van der Waals surface area contributed by atoms with Crippen molar-refractivity contribution in [2.45, 2.75) is 0 Å². The number of carbonyl (C=O) groups excluding carboxylic acids is 1. The maximum Gasteiger partial charge on any atom is 0.272 e. The lowest BCUT2D eigenvalue weighted by atomic mass is 10.1. The second-order valence-corrected chi connectivity index (χ2v) is 4.45. The Bertz CT molecular complexity index is 669. The minimum absolute atomic E-state index is 0.224.